The zero-order valence-electron chi connectivity index (χ0n) is 12.9. The third-order valence-corrected chi connectivity index (χ3v) is 3.24. The molecule has 2 N–H and O–H groups in total. The highest BCUT2D eigenvalue weighted by atomic mass is 16.5. The maximum absolute atomic E-state index is 12.1. The van der Waals surface area contributed by atoms with E-state index in [9.17, 15) is 9.90 Å². The number of aromatic nitrogens is 1. The van der Waals surface area contributed by atoms with Crippen molar-refractivity contribution >= 4 is 16.9 Å². The van der Waals surface area contributed by atoms with Crippen molar-refractivity contribution in [3.63, 3.8) is 0 Å². The molecule has 0 spiro atoms. The van der Waals surface area contributed by atoms with Gasteiger partial charge in [0.2, 0.25) is 0 Å². The molecule has 1 aromatic heterocycles. The van der Waals surface area contributed by atoms with Gasteiger partial charge in [-0.25, -0.2) is 4.79 Å². The minimum Gasteiger partial charge on any atom is -0.491 e. The van der Waals surface area contributed by atoms with Crippen molar-refractivity contribution in [3.8, 4) is 5.75 Å². The van der Waals surface area contributed by atoms with Crippen LogP contribution in [0.15, 0.2) is 23.3 Å². The number of aliphatic hydroxyl groups is 1. The van der Waals surface area contributed by atoms with Crippen molar-refractivity contribution in [2.75, 3.05) is 19.8 Å². The van der Waals surface area contributed by atoms with Gasteiger partial charge in [0.15, 0.2) is 0 Å². The molecule has 0 saturated carbocycles. The maximum Gasteiger partial charge on any atom is 0.340 e. The number of nitrogens with one attached hydrogen (secondary N) is 1. The summed E-state index contributed by atoms with van der Waals surface area (Å²) in [7, 11) is 0. The average molecular weight is 318 g/mol. The molecule has 0 radical (unpaired) electrons. The Kier molecular flexibility index (Phi) is 5.46. The largest absolute Gasteiger partial charge is 0.491 e. The fraction of sp³-hybridized carbons (Fsp3) is 0.400. The van der Waals surface area contributed by atoms with Gasteiger partial charge in [0.1, 0.15) is 12.4 Å². The lowest BCUT2D eigenvalue weighted by molar-refractivity contribution is 0.0528. The Morgan fingerprint density at radius 3 is 3.00 bits per heavy atom. The molecule has 2 aromatic rings. The van der Waals surface area contributed by atoms with E-state index in [-0.39, 0.29) is 13.2 Å². The lowest BCUT2D eigenvalue weighted by Crippen LogP contribution is -2.20. The number of ether oxygens (including phenoxy) is 2. The molecule has 0 aliphatic heterocycles. The summed E-state index contributed by atoms with van der Waals surface area (Å²) in [5.74, 6) is 0.110. The van der Waals surface area contributed by atoms with E-state index in [2.05, 4.69) is 15.0 Å². The number of fused-ring (bicyclic) bond motifs is 1. The van der Waals surface area contributed by atoms with Crippen LogP contribution in [0.4, 0.5) is 0 Å². The van der Waals surface area contributed by atoms with E-state index in [1.165, 1.54) is 0 Å². The summed E-state index contributed by atoms with van der Waals surface area (Å²) in [6.45, 7) is 3.78. The Bertz CT molecular complexity index is 749. The van der Waals surface area contributed by atoms with E-state index in [1.54, 1.807) is 32.0 Å². The number of hydrogen-bond donors (Lipinski definition) is 2. The lowest BCUT2D eigenvalue weighted by atomic mass is 10.1. The number of nitrogens with zero attached hydrogens (tertiary/aromatic N) is 3. The van der Waals surface area contributed by atoms with Crippen molar-refractivity contribution in [2.45, 2.75) is 20.0 Å². The Morgan fingerprint density at radius 1 is 1.52 bits per heavy atom. The molecule has 23 heavy (non-hydrogen) atoms. The first kappa shape index (κ1) is 16.7. The highest BCUT2D eigenvalue weighted by Gasteiger charge is 2.17. The average Bonchev–Trinajstić information content (AvgIpc) is 2.86. The van der Waals surface area contributed by atoms with E-state index < -0.39 is 12.1 Å². The number of rotatable bonds is 7. The van der Waals surface area contributed by atoms with Gasteiger partial charge in [-0.3, -0.25) is 0 Å². The number of carbonyl (C=O) groups excluding carboxylic acids is 1. The molecular weight excluding hydrogens is 300 g/mol. The first-order chi connectivity index (χ1) is 11.1. The SMILES string of the molecule is CCOC(=O)c1c(C)[nH]c2ccc(OC[C@@H](O)CN=[N+]=[N-])cc12. The Morgan fingerprint density at radius 2 is 2.30 bits per heavy atom. The number of benzene rings is 1. The Hall–Kier alpha value is -2.70. The van der Waals surface area contributed by atoms with Crippen LogP contribution in [-0.2, 0) is 4.74 Å². The standard InChI is InChI=1S/C15H18N4O4/c1-3-22-15(21)14-9(2)18-13-5-4-11(6-12(13)14)23-8-10(20)7-17-19-16/h4-6,10,18,20H,3,7-8H2,1-2H3/t10-/m0/s1. The predicted octanol–water partition coefficient (Wildman–Crippen LogP) is 2.70. The second kappa shape index (κ2) is 7.53. The van der Waals surface area contributed by atoms with E-state index >= 15 is 0 Å². The molecule has 0 bridgehead atoms. The van der Waals surface area contributed by atoms with Crippen LogP contribution in [-0.4, -0.2) is 41.9 Å². The molecule has 2 rings (SSSR count). The topological polar surface area (TPSA) is 120 Å². The van der Waals surface area contributed by atoms with Gasteiger partial charge in [0, 0.05) is 21.5 Å². The third kappa shape index (κ3) is 3.94. The van der Waals surface area contributed by atoms with Gasteiger partial charge in [0.25, 0.3) is 0 Å². The fourth-order valence-corrected chi connectivity index (χ4v) is 2.24. The number of carbonyl (C=O) groups is 1. The molecule has 1 atom stereocenters. The third-order valence-electron chi connectivity index (χ3n) is 3.24. The van der Waals surface area contributed by atoms with Crippen LogP contribution in [0.3, 0.4) is 0 Å². The summed E-state index contributed by atoms with van der Waals surface area (Å²) in [4.78, 5) is 17.8. The molecule has 1 aromatic carbocycles. The number of H-pyrrole nitrogens is 1. The molecule has 122 valence electrons. The zero-order valence-corrected chi connectivity index (χ0v) is 12.9. The second-order valence-corrected chi connectivity index (χ2v) is 4.93. The van der Waals surface area contributed by atoms with Crippen molar-refractivity contribution < 1.29 is 19.4 Å². The van der Waals surface area contributed by atoms with Gasteiger partial charge < -0.3 is 19.6 Å². The molecule has 0 aliphatic carbocycles. The number of azide groups is 1. The molecular formula is C15H18N4O4. The monoisotopic (exact) mass is 318 g/mol. The highest BCUT2D eigenvalue weighted by Crippen LogP contribution is 2.27. The van der Waals surface area contributed by atoms with Gasteiger partial charge in [-0.2, -0.15) is 0 Å². The van der Waals surface area contributed by atoms with E-state index in [0.29, 0.717) is 23.3 Å². The normalized spacial score (nSPS) is 11.8. The Labute approximate surface area is 132 Å². The summed E-state index contributed by atoms with van der Waals surface area (Å²) in [6, 6.07) is 5.24. The molecule has 8 nitrogen and oxygen atoms in total. The molecule has 1 heterocycles. The van der Waals surface area contributed by atoms with Gasteiger partial charge in [-0.15, -0.1) is 0 Å². The van der Waals surface area contributed by atoms with Crippen molar-refractivity contribution in [2.24, 2.45) is 5.11 Å². The van der Waals surface area contributed by atoms with Gasteiger partial charge in [0.05, 0.1) is 24.8 Å². The van der Waals surface area contributed by atoms with Gasteiger partial charge in [-0.05, 0) is 37.6 Å². The lowest BCUT2D eigenvalue weighted by Gasteiger charge is -2.10. The Balaban J connectivity index is 2.21. The van der Waals surface area contributed by atoms with Crippen molar-refractivity contribution in [1.29, 1.82) is 0 Å². The molecule has 0 unspecified atom stereocenters. The van der Waals surface area contributed by atoms with E-state index in [4.69, 9.17) is 15.0 Å². The summed E-state index contributed by atoms with van der Waals surface area (Å²) in [5, 5.41) is 13.6. The number of aryl methyl sites for hydroxylation is 1. The van der Waals surface area contributed by atoms with E-state index in [0.717, 1.165) is 11.2 Å². The fourth-order valence-electron chi connectivity index (χ4n) is 2.24. The number of aliphatic hydroxyl groups excluding tert-OH is 1. The summed E-state index contributed by atoms with van der Waals surface area (Å²) in [6.07, 6.45) is -0.890. The zero-order chi connectivity index (χ0) is 16.8. The number of aromatic amines is 1. The minimum absolute atomic E-state index is 0.0112. The molecule has 0 amide bonds. The van der Waals surface area contributed by atoms with Crippen LogP contribution in [0, 0.1) is 6.92 Å². The number of esters is 1. The van der Waals surface area contributed by atoms with Crippen LogP contribution in [0.25, 0.3) is 21.3 Å². The molecule has 0 saturated heterocycles. The van der Waals surface area contributed by atoms with Crippen LogP contribution >= 0.6 is 0 Å². The summed E-state index contributed by atoms with van der Waals surface area (Å²) in [5.41, 5.74) is 10.2. The van der Waals surface area contributed by atoms with Crippen LogP contribution in [0.1, 0.15) is 23.0 Å². The van der Waals surface area contributed by atoms with Crippen LogP contribution in [0.2, 0.25) is 0 Å². The smallest absolute Gasteiger partial charge is 0.340 e. The van der Waals surface area contributed by atoms with E-state index in [1.807, 2.05) is 0 Å². The molecule has 8 heteroatoms. The first-order valence-electron chi connectivity index (χ1n) is 7.18. The van der Waals surface area contributed by atoms with Crippen molar-refractivity contribution in [3.05, 3.63) is 39.9 Å². The minimum atomic E-state index is -0.890. The highest BCUT2D eigenvalue weighted by molar-refractivity contribution is 6.05. The first-order valence-corrected chi connectivity index (χ1v) is 7.18. The predicted molar refractivity (Wildman–Crippen MR) is 84.5 cm³/mol. The van der Waals surface area contributed by atoms with Crippen LogP contribution < -0.4 is 4.74 Å². The van der Waals surface area contributed by atoms with Crippen LogP contribution in [0.5, 0.6) is 5.75 Å². The molecule has 0 aliphatic rings. The summed E-state index contributed by atoms with van der Waals surface area (Å²) < 4.78 is 10.5. The molecule has 0 fully saturated rings. The maximum atomic E-state index is 12.1. The summed E-state index contributed by atoms with van der Waals surface area (Å²) >= 11 is 0. The van der Waals surface area contributed by atoms with Gasteiger partial charge >= 0.3 is 5.97 Å². The second-order valence-electron chi connectivity index (χ2n) is 4.93. The quantitative estimate of drug-likeness (QED) is 0.353. The number of hydrogen-bond acceptors (Lipinski definition) is 5. The van der Waals surface area contributed by atoms with Crippen molar-refractivity contribution in [1.82, 2.24) is 4.98 Å². The van der Waals surface area contributed by atoms with Gasteiger partial charge in [-0.1, -0.05) is 5.11 Å².